The summed E-state index contributed by atoms with van der Waals surface area (Å²) >= 11 is 0. The molecule has 0 saturated heterocycles. The summed E-state index contributed by atoms with van der Waals surface area (Å²) in [5.41, 5.74) is -0.295. The van der Waals surface area contributed by atoms with E-state index in [1.54, 1.807) is 4.90 Å². The number of aromatic amines is 1. The molecular weight excluding hydrogens is 146 g/mol. The highest BCUT2D eigenvalue weighted by molar-refractivity contribution is 5.02. The van der Waals surface area contributed by atoms with Crippen molar-refractivity contribution in [3.63, 3.8) is 0 Å². The summed E-state index contributed by atoms with van der Waals surface area (Å²) in [6.07, 6.45) is 1.27. The zero-order chi connectivity index (χ0) is 8.43. The Balaban J connectivity index is 2.92. The van der Waals surface area contributed by atoms with Crippen molar-refractivity contribution in [1.82, 2.24) is 14.5 Å². The Morgan fingerprint density at radius 1 is 1.73 bits per heavy atom. The number of nitrogens with one attached hydrogen (secondary N) is 1. The standard InChI is InChI=1S/C6H11N3O2/c1-8(2)4-9-5(10)3-7-6(9)11/h3,10H,4H2,1-2H3,(H,7,11). The van der Waals surface area contributed by atoms with Gasteiger partial charge >= 0.3 is 5.69 Å². The number of aromatic hydroxyl groups is 1. The SMILES string of the molecule is CN(C)Cn1c(O)c[nH]c1=O. The van der Waals surface area contributed by atoms with Crippen molar-refractivity contribution >= 4 is 0 Å². The second kappa shape index (κ2) is 2.79. The molecule has 5 heteroatoms. The van der Waals surface area contributed by atoms with E-state index >= 15 is 0 Å². The molecule has 0 radical (unpaired) electrons. The molecule has 0 unspecified atom stereocenters. The highest BCUT2D eigenvalue weighted by Crippen LogP contribution is 2.01. The van der Waals surface area contributed by atoms with Crippen LogP contribution in [0.15, 0.2) is 11.0 Å². The summed E-state index contributed by atoms with van der Waals surface area (Å²) in [6.45, 7) is 0.383. The molecule has 5 nitrogen and oxygen atoms in total. The van der Waals surface area contributed by atoms with Crippen molar-refractivity contribution in [3.05, 3.63) is 16.7 Å². The van der Waals surface area contributed by atoms with Crippen LogP contribution in [0, 0.1) is 0 Å². The number of H-pyrrole nitrogens is 1. The molecule has 0 amide bonds. The summed E-state index contributed by atoms with van der Waals surface area (Å²) in [6, 6.07) is 0. The zero-order valence-electron chi connectivity index (χ0n) is 6.53. The Labute approximate surface area is 63.9 Å². The van der Waals surface area contributed by atoms with Gasteiger partial charge in [-0.1, -0.05) is 0 Å². The molecule has 0 saturated carbocycles. The second-order valence-corrected chi connectivity index (χ2v) is 2.60. The van der Waals surface area contributed by atoms with Crippen molar-refractivity contribution < 1.29 is 5.11 Å². The molecule has 1 aromatic heterocycles. The average Bonchev–Trinajstić information content (AvgIpc) is 2.18. The molecule has 0 aliphatic rings. The van der Waals surface area contributed by atoms with Crippen LogP contribution in [0.1, 0.15) is 0 Å². The smallest absolute Gasteiger partial charge is 0.329 e. The van der Waals surface area contributed by atoms with Crippen LogP contribution < -0.4 is 5.69 Å². The summed E-state index contributed by atoms with van der Waals surface area (Å²) in [7, 11) is 3.64. The number of nitrogens with zero attached hydrogens (tertiary/aromatic N) is 2. The van der Waals surface area contributed by atoms with Gasteiger partial charge < -0.3 is 10.1 Å². The van der Waals surface area contributed by atoms with Crippen molar-refractivity contribution in [3.8, 4) is 5.88 Å². The fourth-order valence-corrected chi connectivity index (χ4v) is 0.806. The van der Waals surface area contributed by atoms with E-state index in [9.17, 15) is 4.79 Å². The Bertz CT molecular complexity index is 286. The quantitative estimate of drug-likeness (QED) is 0.602. The van der Waals surface area contributed by atoms with Gasteiger partial charge in [0.2, 0.25) is 5.88 Å². The number of imidazole rings is 1. The average molecular weight is 157 g/mol. The molecule has 0 aliphatic carbocycles. The van der Waals surface area contributed by atoms with Crippen LogP contribution in [-0.4, -0.2) is 33.7 Å². The molecule has 0 fully saturated rings. The van der Waals surface area contributed by atoms with Gasteiger partial charge in [0.1, 0.15) is 0 Å². The third-order valence-electron chi connectivity index (χ3n) is 1.27. The van der Waals surface area contributed by atoms with Gasteiger partial charge in [0, 0.05) is 0 Å². The number of hydrogen-bond donors (Lipinski definition) is 2. The molecule has 1 heterocycles. The van der Waals surface area contributed by atoms with Crippen LogP contribution in [0.3, 0.4) is 0 Å². The molecule has 1 rings (SSSR count). The minimum atomic E-state index is -0.295. The molecule has 0 atom stereocenters. The van der Waals surface area contributed by atoms with Gasteiger partial charge in [-0.25, -0.2) is 9.36 Å². The minimum Gasteiger partial charge on any atom is -0.493 e. The summed E-state index contributed by atoms with van der Waals surface area (Å²) in [5.74, 6) is -0.0382. The molecule has 62 valence electrons. The number of rotatable bonds is 2. The third-order valence-corrected chi connectivity index (χ3v) is 1.27. The molecule has 0 bridgehead atoms. The molecule has 0 spiro atoms. The van der Waals surface area contributed by atoms with E-state index in [1.165, 1.54) is 10.8 Å². The topological polar surface area (TPSA) is 61.3 Å². The first-order valence-corrected chi connectivity index (χ1v) is 3.23. The lowest BCUT2D eigenvalue weighted by molar-refractivity contribution is 0.292. The molecular formula is C6H11N3O2. The Hall–Kier alpha value is -1.23. The lowest BCUT2D eigenvalue weighted by Crippen LogP contribution is -2.25. The predicted octanol–water partition coefficient (Wildman–Crippen LogP) is -0.599. The minimum absolute atomic E-state index is 0.0382. The van der Waals surface area contributed by atoms with E-state index in [4.69, 9.17) is 5.11 Å². The first kappa shape index (κ1) is 7.87. The van der Waals surface area contributed by atoms with Crippen molar-refractivity contribution in [1.29, 1.82) is 0 Å². The van der Waals surface area contributed by atoms with E-state index in [0.29, 0.717) is 6.67 Å². The summed E-state index contributed by atoms with van der Waals surface area (Å²) in [4.78, 5) is 15.1. The van der Waals surface area contributed by atoms with E-state index in [2.05, 4.69) is 4.98 Å². The monoisotopic (exact) mass is 157 g/mol. The lowest BCUT2D eigenvalue weighted by atomic mass is 10.7. The van der Waals surface area contributed by atoms with Crippen LogP contribution in [-0.2, 0) is 6.67 Å². The van der Waals surface area contributed by atoms with Crippen molar-refractivity contribution in [2.45, 2.75) is 6.67 Å². The highest BCUT2D eigenvalue weighted by Gasteiger charge is 2.03. The third kappa shape index (κ3) is 1.62. The van der Waals surface area contributed by atoms with Crippen molar-refractivity contribution in [2.24, 2.45) is 0 Å². The zero-order valence-corrected chi connectivity index (χ0v) is 6.53. The second-order valence-electron chi connectivity index (χ2n) is 2.60. The summed E-state index contributed by atoms with van der Waals surface area (Å²) in [5, 5.41) is 9.09. The van der Waals surface area contributed by atoms with Gasteiger partial charge in [-0.2, -0.15) is 0 Å². The summed E-state index contributed by atoms with van der Waals surface area (Å²) < 4.78 is 1.24. The maximum Gasteiger partial charge on any atom is 0.329 e. The van der Waals surface area contributed by atoms with Crippen LogP contribution in [0.5, 0.6) is 5.88 Å². The predicted molar refractivity (Wildman–Crippen MR) is 40.4 cm³/mol. The highest BCUT2D eigenvalue weighted by atomic mass is 16.3. The first-order valence-electron chi connectivity index (χ1n) is 3.23. The van der Waals surface area contributed by atoms with Gasteiger partial charge in [-0.15, -0.1) is 0 Å². The van der Waals surface area contributed by atoms with E-state index in [1.807, 2.05) is 14.1 Å². The van der Waals surface area contributed by atoms with Crippen LogP contribution in [0.2, 0.25) is 0 Å². The van der Waals surface area contributed by atoms with Gasteiger partial charge in [-0.3, -0.25) is 4.90 Å². The maximum absolute atomic E-state index is 10.9. The Kier molecular flexibility index (Phi) is 2.00. The molecule has 0 aliphatic heterocycles. The fourth-order valence-electron chi connectivity index (χ4n) is 0.806. The first-order chi connectivity index (χ1) is 5.11. The van der Waals surface area contributed by atoms with Gasteiger partial charge in [0.15, 0.2) is 0 Å². The normalized spacial score (nSPS) is 10.8. The Morgan fingerprint density at radius 3 is 2.73 bits per heavy atom. The maximum atomic E-state index is 10.9. The number of aromatic nitrogens is 2. The van der Waals surface area contributed by atoms with E-state index in [0.717, 1.165) is 0 Å². The molecule has 0 aromatic carbocycles. The van der Waals surface area contributed by atoms with Gasteiger partial charge in [0.25, 0.3) is 0 Å². The van der Waals surface area contributed by atoms with E-state index in [-0.39, 0.29) is 11.6 Å². The van der Waals surface area contributed by atoms with Crippen molar-refractivity contribution in [2.75, 3.05) is 14.1 Å². The van der Waals surface area contributed by atoms with Gasteiger partial charge in [-0.05, 0) is 14.1 Å². The number of hydrogen-bond acceptors (Lipinski definition) is 3. The lowest BCUT2D eigenvalue weighted by Gasteiger charge is -2.09. The largest absolute Gasteiger partial charge is 0.493 e. The molecule has 11 heavy (non-hydrogen) atoms. The Morgan fingerprint density at radius 2 is 2.36 bits per heavy atom. The van der Waals surface area contributed by atoms with Gasteiger partial charge in [0.05, 0.1) is 12.9 Å². The molecule has 1 aromatic rings. The van der Waals surface area contributed by atoms with Crippen LogP contribution in [0.4, 0.5) is 0 Å². The van der Waals surface area contributed by atoms with Crippen LogP contribution >= 0.6 is 0 Å². The molecule has 2 N–H and O–H groups in total. The van der Waals surface area contributed by atoms with E-state index < -0.39 is 0 Å². The van der Waals surface area contributed by atoms with Crippen LogP contribution in [0.25, 0.3) is 0 Å². The fraction of sp³-hybridized carbons (Fsp3) is 0.500.